The van der Waals surface area contributed by atoms with Crippen LogP contribution in [-0.2, 0) is 5.92 Å². The quantitative estimate of drug-likeness (QED) is 0.757. The smallest absolute Gasteiger partial charge is 0.274 e. The zero-order chi connectivity index (χ0) is 12.3. The minimum Gasteiger partial charge on any atom is -0.487 e. The molecule has 0 bridgehead atoms. The van der Waals surface area contributed by atoms with Crippen molar-refractivity contribution in [1.29, 1.82) is 0 Å². The van der Waals surface area contributed by atoms with Crippen LogP contribution in [0.4, 0.5) is 17.6 Å². The van der Waals surface area contributed by atoms with Gasteiger partial charge in [0.25, 0.3) is 12.3 Å². The fourth-order valence-electron chi connectivity index (χ4n) is 1.13. The summed E-state index contributed by atoms with van der Waals surface area (Å²) in [6, 6.07) is 3.79. The third-order valence-electron chi connectivity index (χ3n) is 1.78. The van der Waals surface area contributed by atoms with E-state index in [4.69, 9.17) is 0 Å². The van der Waals surface area contributed by atoms with Crippen LogP contribution < -0.4 is 4.74 Å². The minimum atomic E-state index is -3.13. The summed E-state index contributed by atoms with van der Waals surface area (Å²) in [6.07, 6.45) is -2.70. The molecule has 0 aliphatic carbocycles. The van der Waals surface area contributed by atoms with E-state index in [0.717, 1.165) is 6.07 Å². The van der Waals surface area contributed by atoms with Gasteiger partial charge >= 0.3 is 0 Å². The van der Waals surface area contributed by atoms with Gasteiger partial charge in [-0.2, -0.15) is 0 Å². The van der Waals surface area contributed by atoms with E-state index in [0.29, 0.717) is 11.4 Å². The van der Waals surface area contributed by atoms with Gasteiger partial charge in [-0.3, -0.25) is 0 Å². The monoisotopic (exact) mass is 300 g/mol. The zero-order valence-corrected chi connectivity index (χ0v) is 9.90. The third kappa shape index (κ3) is 3.66. The van der Waals surface area contributed by atoms with Crippen LogP contribution in [0, 0.1) is 0 Å². The molecule has 90 valence electrons. The van der Waals surface area contributed by atoms with Gasteiger partial charge < -0.3 is 4.74 Å². The minimum absolute atomic E-state index is 0.234. The molecule has 6 heteroatoms. The topological polar surface area (TPSA) is 9.23 Å². The summed E-state index contributed by atoms with van der Waals surface area (Å²) in [7, 11) is 0. The predicted octanol–water partition coefficient (Wildman–Crippen LogP) is 4.20. The van der Waals surface area contributed by atoms with Crippen molar-refractivity contribution in [2.24, 2.45) is 0 Å². The highest BCUT2D eigenvalue weighted by Gasteiger charge is 2.28. The lowest BCUT2D eigenvalue weighted by atomic mass is 10.1. The summed E-state index contributed by atoms with van der Waals surface area (Å²) in [4.78, 5) is 0. The summed E-state index contributed by atoms with van der Waals surface area (Å²) >= 11 is 3.06. The summed E-state index contributed by atoms with van der Waals surface area (Å²) in [5, 5.41) is 0. The molecule has 0 aliphatic rings. The Balaban J connectivity index is 2.99. The van der Waals surface area contributed by atoms with Crippen LogP contribution in [0.25, 0.3) is 0 Å². The first-order valence-electron chi connectivity index (χ1n) is 4.39. The Labute approximate surface area is 98.5 Å². The number of halogens is 5. The van der Waals surface area contributed by atoms with Gasteiger partial charge in [-0.15, -0.1) is 0 Å². The molecule has 1 aromatic carbocycles. The molecular weight excluding hydrogens is 292 g/mol. The highest BCUT2D eigenvalue weighted by Crippen LogP contribution is 2.36. The van der Waals surface area contributed by atoms with Crippen molar-refractivity contribution < 1.29 is 22.3 Å². The van der Waals surface area contributed by atoms with Gasteiger partial charge in [0.05, 0.1) is 5.56 Å². The van der Waals surface area contributed by atoms with Crippen LogP contribution in [0.15, 0.2) is 22.7 Å². The first-order valence-corrected chi connectivity index (χ1v) is 5.19. The molecule has 1 aromatic rings. The molecule has 0 radical (unpaired) electrons. The number of rotatable bonds is 4. The summed E-state index contributed by atoms with van der Waals surface area (Å²) in [5.74, 6) is -3.36. The van der Waals surface area contributed by atoms with Crippen LogP contribution in [-0.4, -0.2) is 13.0 Å². The first kappa shape index (κ1) is 13.3. The molecule has 0 N–H and O–H groups in total. The Morgan fingerprint density at radius 3 is 2.50 bits per heavy atom. The maximum atomic E-state index is 13.1. The van der Waals surface area contributed by atoms with Gasteiger partial charge in [-0.25, -0.2) is 17.6 Å². The average Bonchev–Trinajstić information content (AvgIpc) is 2.12. The second kappa shape index (κ2) is 5.03. The summed E-state index contributed by atoms with van der Waals surface area (Å²) in [5.41, 5.74) is -0.406. The fraction of sp³-hybridized carbons (Fsp3) is 0.400. The van der Waals surface area contributed by atoms with E-state index >= 15 is 0 Å². The van der Waals surface area contributed by atoms with Crippen molar-refractivity contribution in [3.63, 3.8) is 0 Å². The molecule has 0 atom stereocenters. The van der Waals surface area contributed by atoms with E-state index in [2.05, 4.69) is 20.7 Å². The second-order valence-corrected chi connectivity index (χ2v) is 4.15. The van der Waals surface area contributed by atoms with Gasteiger partial charge in [-0.05, 0) is 18.2 Å². The fourth-order valence-corrected chi connectivity index (χ4v) is 1.47. The van der Waals surface area contributed by atoms with E-state index in [-0.39, 0.29) is 5.75 Å². The van der Waals surface area contributed by atoms with Gasteiger partial charge in [0.2, 0.25) is 0 Å². The predicted molar refractivity (Wildman–Crippen MR) is 55.2 cm³/mol. The van der Waals surface area contributed by atoms with Gasteiger partial charge in [0.1, 0.15) is 12.4 Å². The number of hydrogen-bond donors (Lipinski definition) is 0. The van der Waals surface area contributed by atoms with Crippen LogP contribution in [0.3, 0.4) is 0 Å². The van der Waals surface area contributed by atoms with Crippen LogP contribution >= 0.6 is 15.9 Å². The van der Waals surface area contributed by atoms with E-state index in [9.17, 15) is 17.6 Å². The number of hydrogen-bond acceptors (Lipinski definition) is 1. The number of benzene rings is 1. The SMILES string of the molecule is CC(F)(F)c1ccc(Br)cc1OCC(F)F. The molecule has 0 amide bonds. The Hall–Kier alpha value is -0.780. The Morgan fingerprint density at radius 2 is 2.00 bits per heavy atom. The molecule has 0 spiro atoms. The van der Waals surface area contributed by atoms with E-state index < -0.39 is 24.5 Å². The maximum Gasteiger partial charge on any atom is 0.274 e. The molecule has 16 heavy (non-hydrogen) atoms. The highest BCUT2D eigenvalue weighted by molar-refractivity contribution is 9.10. The third-order valence-corrected chi connectivity index (χ3v) is 2.27. The average molecular weight is 301 g/mol. The molecule has 0 unspecified atom stereocenters. The molecule has 1 nitrogen and oxygen atoms in total. The Kier molecular flexibility index (Phi) is 4.18. The van der Waals surface area contributed by atoms with E-state index in [1.807, 2.05) is 0 Å². The van der Waals surface area contributed by atoms with Crippen molar-refractivity contribution in [1.82, 2.24) is 0 Å². The van der Waals surface area contributed by atoms with Crippen LogP contribution in [0.2, 0.25) is 0 Å². The van der Waals surface area contributed by atoms with Crippen molar-refractivity contribution in [2.45, 2.75) is 19.3 Å². The summed E-state index contributed by atoms with van der Waals surface area (Å²) in [6.45, 7) is -0.217. The number of alkyl halides is 4. The lowest BCUT2D eigenvalue weighted by Crippen LogP contribution is -2.13. The molecule has 0 fully saturated rings. The molecule has 0 saturated heterocycles. The van der Waals surface area contributed by atoms with E-state index in [1.165, 1.54) is 12.1 Å². The van der Waals surface area contributed by atoms with Crippen molar-refractivity contribution in [2.75, 3.05) is 6.61 Å². The summed E-state index contributed by atoms with van der Waals surface area (Å²) < 4.78 is 55.2. The molecule has 0 aliphatic heterocycles. The normalized spacial score (nSPS) is 11.9. The van der Waals surface area contributed by atoms with Gasteiger partial charge in [0.15, 0.2) is 0 Å². The highest BCUT2D eigenvalue weighted by atomic mass is 79.9. The lowest BCUT2D eigenvalue weighted by molar-refractivity contribution is 0.0116. The van der Waals surface area contributed by atoms with Crippen molar-refractivity contribution in [3.05, 3.63) is 28.2 Å². The largest absolute Gasteiger partial charge is 0.487 e. The van der Waals surface area contributed by atoms with E-state index in [1.54, 1.807) is 0 Å². The number of ether oxygens (including phenoxy) is 1. The molecule has 1 rings (SSSR count). The molecule has 0 heterocycles. The van der Waals surface area contributed by atoms with Crippen LogP contribution in [0.5, 0.6) is 5.75 Å². The Bertz CT molecular complexity index is 362. The Morgan fingerprint density at radius 1 is 1.38 bits per heavy atom. The van der Waals surface area contributed by atoms with Crippen LogP contribution in [0.1, 0.15) is 12.5 Å². The molecular formula is C10H9BrF4O. The standard InChI is InChI=1S/C10H9BrF4O/c1-10(14,15)7-3-2-6(11)4-8(7)16-5-9(12)13/h2-4,9H,5H2,1H3. The first-order chi connectivity index (χ1) is 7.30. The maximum absolute atomic E-state index is 13.1. The lowest BCUT2D eigenvalue weighted by Gasteiger charge is -2.16. The zero-order valence-electron chi connectivity index (χ0n) is 8.31. The second-order valence-electron chi connectivity index (χ2n) is 3.23. The van der Waals surface area contributed by atoms with Crippen molar-refractivity contribution in [3.8, 4) is 5.75 Å². The van der Waals surface area contributed by atoms with Crippen molar-refractivity contribution >= 4 is 15.9 Å². The van der Waals surface area contributed by atoms with Gasteiger partial charge in [-0.1, -0.05) is 15.9 Å². The molecule has 0 saturated carbocycles. The molecule has 0 aromatic heterocycles. The van der Waals surface area contributed by atoms with Gasteiger partial charge in [0, 0.05) is 11.4 Å².